The Labute approximate surface area is 92.9 Å². The van der Waals surface area contributed by atoms with Crippen LogP contribution >= 0.6 is 0 Å². The van der Waals surface area contributed by atoms with Gasteiger partial charge in [-0.15, -0.1) is 10.2 Å². The van der Waals surface area contributed by atoms with Crippen LogP contribution in [0.3, 0.4) is 0 Å². The fourth-order valence-electron chi connectivity index (χ4n) is 1.64. The van der Waals surface area contributed by atoms with Gasteiger partial charge in [-0.2, -0.15) is 0 Å². The lowest BCUT2D eigenvalue weighted by Crippen LogP contribution is -2.32. The average Bonchev–Trinajstić information content (AvgIpc) is 2.81. The van der Waals surface area contributed by atoms with Crippen molar-refractivity contribution in [2.24, 2.45) is 0 Å². The molecule has 1 N–H and O–H groups in total. The highest BCUT2D eigenvalue weighted by Gasteiger charge is 2.21. The maximum atomic E-state index is 10.6. The number of hydrogen-bond acceptors (Lipinski definition) is 5. The molecule has 0 bridgehead atoms. The molecule has 1 saturated heterocycles. The van der Waals surface area contributed by atoms with E-state index in [1.54, 1.807) is 6.07 Å². The number of carbonyl (C=O) groups is 1. The second-order valence-corrected chi connectivity index (χ2v) is 3.71. The van der Waals surface area contributed by atoms with Crippen LogP contribution in [0.15, 0.2) is 12.1 Å². The number of rotatable bonds is 3. The number of anilines is 1. The van der Waals surface area contributed by atoms with E-state index in [0.29, 0.717) is 18.5 Å². The molecule has 1 unspecified atom stereocenters. The Balaban J connectivity index is 2.11. The molecule has 1 fully saturated rings. The summed E-state index contributed by atoms with van der Waals surface area (Å²) in [5.74, 6) is -0.397. The van der Waals surface area contributed by atoms with Crippen LogP contribution in [0.4, 0.5) is 5.82 Å². The SMILES string of the molecule is CN(c1ccc(C(=O)O)nn1)C1CCOC1. The van der Waals surface area contributed by atoms with Crippen LogP contribution in [-0.4, -0.2) is 47.6 Å². The third-order valence-corrected chi connectivity index (χ3v) is 2.68. The molecule has 0 aliphatic carbocycles. The van der Waals surface area contributed by atoms with Gasteiger partial charge in [-0.05, 0) is 18.6 Å². The van der Waals surface area contributed by atoms with E-state index in [-0.39, 0.29) is 5.69 Å². The van der Waals surface area contributed by atoms with E-state index >= 15 is 0 Å². The van der Waals surface area contributed by atoms with E-state index in [1.165, 1.54) is 6.07 Å². The Morgan fingerprint density at radius 1 is 1.56 bits per heavy atom. The number of carboxylic acids is 1. The maximum absolute atomic E-state index is 10.6. The minimum Gasteiger partial charge on any atom is -0.476 e. The summed E-state index contributed by atoms with van der Waals surface area (Å²) in [7, 11) is 1.91. The third-order valence-electron chi connectivity index (χ3n) is 2.68. The van der Waals surface area contributed by atoms with Crippen LogP contribution in [0.5, 0.6) is 0 Å². The molecule has 6 nitrogen and oxygen atoms in total. The van der Waals surface area contributed by atoms with Crippen LogP contribution in [0.2, 0.25) is 0 Å². The molecule has 0 spiro atoms. The van der Waals surface area contributed by atoms with Crippen LogP contribution < -0.4 is 4.90 Å². The Bertz CT molecular complexity index is 373. The van der Waals surface area contributed by atoms with E-state index in [2.05, 4.69) is 10.2 Å². The lowest BCUT2D eigenvalue weighted by atomic mass is 10.2. The topological polar surface area (TPSA) is 75.6 Å². The van der Waals surface area contributed by atoms with Gasteiger partial charge >= 0.3 is 5.97 Å². The van der Waals surface area contributed by atoms with Gasteiger partial charge in [-0.3, -0.25) is 0 Å². The van der Waals surface area contributed by atoms with Gasteiger partial charge in [0.2, 0.25) is 0 Å². The molecule has 1 aromatic rings. The standard InChI is InChI=1S/C10H13N3O3/c1-13(7-4-5-16-6-7)9-3-2-8(10(14)15)11-12-9/h2-3,7H,4-6H2,1H3,(H,14,15). The molecule has 1 atom stereocenters. The summed E-state index contributed by atoms with van der Waals surface area (Å²) < 4.78 is 5.28. The second kappa shape index (κ2) is 4.44. The summed E-state index contributed by atoms with van der Waals surface area (Å²) in [6, 6.07) is 3.41. The largest absolute Gasteiger partial charge is 0.476 e. The Morgan fingerprint density at radius 3 is 2.88 bits per heavy atom. The quantitative estimate of drug-likeness (QED) is 0.799. The van der Waals surface area contributed by atoms with Gasteiger partial charge < -0.3 is 14.7 Å². The van der Waals surface area contributed by atoms with Crippen molar-refractivity contribution in [3.8, 4) is 0 Å². The van der Waals surface area contributed by atoms with Gasteiger partial charge in [-0.25, -0.2) is 4.79 Å². The van der Waals surface area contributed by atoms with Gasteiger partial charge in [0, 0.05) is 13.7 Å². The lowest BCUT2D eigenvalue weighted by Gasteiger charge is -2.23. The molecule has 0 radical (unpaired) electrons. The fourth-order valence-corrected chi connectivity index (χ4v) is 1.64. The van der Waals surface area contributed by atoms with Crippen LogP contribution in [-0.2, 0) is 4.74 Å². The fraction of sp³-hybridized carbons (Fsp3) is 0.500. The molecule has 1 aliphatic rings. The van der Waals surface area contributed by atoms with E-state index in [4.69, 9.17) is 9.84 Å². The van der Waals surface area contributed by atoms with Crippen molar-refractivity contribution >= 4 is 11.8 Å². The molecule has 16 heavy (non-hydrogen) atoms. The van der Waals surface area contributed by atoms with Crippen LogP contribution in [0, 0.1) is 0 Å². The van der Waals surface area contributed by atoms with Crippen molar-refractivity contribution in [1.29, 1.82) is 0 Å². The maximum Gasteiger partial charge on any atom is 0.356 e. The van der Waals surface area contributed by atoms with E-state index in [9.17, 15) is 4.79 Å². The summed E-state index contributed by atoms with van der Waals surface area (Å²) in [6.45, 7) is 1.44. The van der Waals surface area contributed by atoms with Gasteiger partial charge in [0.15, 0.2) is 11.5 Å². The first-order valence-electron chi connectivity index (χ1n) is 5.06. The molecule has 1 aromatic heterocycles. The van der Waals surface area contributed by atoms with Crippen LogP contribution in [0.25, 0.3) is 0 Å². The number of likely N-dealkylation sites (N-methyl/N-ethyl adjacent to an activating group) is 1. The number of hydrogen-bond donors (Lipinski definition) is 1. The predicted molar refractivity (Wildman–Crippen MR) is 56.6 cm³/mol. The second-order valence-electron chi connectivity index (χ2n) is 3.71. The van der Waals surface area contributed by atoms with Crippen molar-refractivity contribution in [2.45, 2.75) is 12.5 Å². The zero-order valence-corrected chi connectivity index (χ0v) is 8.96. The number of aromatic carboxylic acids is 1. The minimum absolute atomic E-state index is 0.0418. The Hall–Kier alpha value is -1.69. The van der Waals surface area contributed by atoms with Crippen molar-refractivity contribution < 1.29 is 14.6 Å². The first-order valence-corrected chi connectivity index (χ1v) is 5.06. The van der Waals surface area contributed by atoms with E-state index in [0.717, 1.165) is 13.0 Å². The predicted octanol–water partition coefficient (Wildman–Crippen LogP) is 0.400. The molecule has 0 saturated carbocycles. The van der Waals surface area contributed by atoms with Gasteiger partial charge in [0.05, 0.1) is 12.6 Å². The van der Waals surface area contributed by atoms with Gasteiger partial charge in [0.25, 0.3) is 0 Å². The van der Waals surface area contributed by atoms with Gasteiger partial charge in [-0.1, -0.05) is 0 Å². The molecule has 2 heterocycles. The molecule has 6 heteroatoms. The minimum atomic E-state index is -1.06. The highest BCUT2D eigenvalue weighted by molar-refractivity contribution is 5.85. The molecule has 86 valence electrons. The highest BCUT2D eigenvalue weighted by atomic mass is 16.5. The smallest absolute Gasteiger partial charge is 0.356 e. The van der Waals surface area contributed by atoms with Gasteiger partial charge in [0.1, 0.15) is 0 Å². The first-order chi connectivity index (χ1) is 7.68. The van der Waals surface area contributed by atoms with E-state index in [1.807, 2.05) is 11.9 Å². The first kappa shape index (κ1) is 10.8. The third kappa shape index (κ3) is 2.11. The number of ether oxygens (including phenoxy) is 1. The molecule has 0 amide bonds. The van der Waals surface area contributed by atoms with E-state index < -0.39 is 5.97 Å². The zero-order chi connectivity index (χ0) is 11.5. The molecular weight excluding hydrogens is 210 g/mol. The lowest BCUT2D eigenvalue weighted by molar-refractivity contribution is 0.0689. The normalized spacial score (nSPS) is 19.7. The summed E-state index contributed by atoms with van der Waals surface area (Å²) in [4.78, 5) is 12.6. The number of aromatic nitrogens is 2. The summed E-state index contributed by atoms with van der Waals surface area (Å²) in [6.07, 6.45) is 0.957. The Kier molecular flexibility index (Phi) is 3.00. The Morgan fingerprint density at radius 2 is 2.38 bits per heavy atom. The highest BCUT2D eigenvalue weighted by Crippen LogP contribution is 2.17. The van der Waals surface area contributed by atoms with Crippen molar-refractivity contribution in [1.82, 2.24) is 10.2 Å². The monoisotopic (exact) mass is 223 g/mol. The molecule has 2 rings (SSSR count). The summed E-state index contributed by atoms with van der Waals surface area (Å²) in [5.41, 5.74) is -0.0418. The number of nitrogens with zero attached hydrogens (tertiary/aromatic N) is 3. The van der Waals surface area contributed by atoms with Crippen molar-refractivity contribution in [2.75, 3.05) is 25.2 Å². The zero-order valence-electron chi connectivity index (χ0n) is 8.96. The number of carboxylic acid groups (broad SMARTS) is 1. The summed E-state index contributed by atoms with van der Waals surface area (Å²) in [5, 5.41) is 16.2. The van der Waals surface area contributed by atoms with Crippen molar-refractivity contribution in [3.05, 3.63) is 17.8 Å². The average molecular weight is 223 g/mol. The molecule has 0 aromatic carbocycles. The molecular formula is C10H13N3O3. The van der Waals surface area contributed by atoms with Crippen LogP contribution in [0.1, 0.15) is 16.9 Å². The van der Waals surface area contributed by atoms with Crippen molar-refractivity contribution in [3.63, 3.8) is 0 Å². The molecule has 1 aliphatic heterocycles. The summed E-state index contributed by atoms with van der Waals surface area (Å²) >= 11 is 0.